The van der Waals surface area contributed by atoms with E-state index in [0.29, 0.717) is 16.3 Å². The van der Waals surface area contributed by atoms with Gasteiger partial charge in [0.05, 0.1) is 7.11 Å². The van der Waals surface area contributed by atoms with Crippen molar-refractivity contribution in [1.29, 1.82) is 0 Å². The summed E-state index contributed by atoms with van der Waals surface area (Å²) in [5.74, 6) is -0.298. The van der Waals surface area contributed by atoms with Gasteiger partial charge in [0.15, 0.2) is 11.6 Å². The van der Waals surface area contributed by atoms with Crippen LogP contribution in [0, 0.1) is 11.8 Å². The van der Waals surface area contributed by atoms with Crippen LogP contribution in [0.5, 0.6) is 5.75 Å². The number of halogens is 1. The number of ether oxygens (including phenoxy) is 1. The maximum atomic E-state index is 12.0. The van der Waals surface area contributed by atoms with E-state index < -0.39 is 5.92 Å². The SMILES string of the molecule is COc1cccc(Cl)c1C1C(=O)C2CC2C1=O. The van der Waals surface area contributed by atoms with Crippen molar-refractivity contribution in [2.75, 3.05) is 7.11 Å². The Morgan fingerprint density at radius 2 is 1.88 bits per heavy atom. The van der Waals surface area contributed by atoms with Crippen LogP contribution in [-0.4, -0.2) is 18.7 Å². The third-order valence-electron chi connectivity index (χ3n) is 3.61. The Morgan fingerprint density at radius 3 is 2.47 bits per heavy atom. The molecule has 0 radical (unpaired) electrons. The van der Waals surface area contributed by atoms with Crippen LogP contribution >= 0.6 is 11.6 Å². The summed E-state index contributed by atoms with van der Waals surface area (Å²) >= 11 is 6.10. The Balaban J connectivity index is 2.10. The second-order valence-corrected chi connectivity index (χ2v) is 4.95. The lowest BCUT2D eigenvalue weighted by atomic mass is 9.91. The fourth-order valence-corrected chi connectivity index (χ4v) is 2.93. The first-order chi connectivity index (χ1) is 8.15. The summed E-state index contributed by atoms with van der Waals surface area (Å²) in [4.78, 5) is 24.1. The quantitative estimate of drug-likeness (QED) is 0.756. The predicted octanol–water partition coefficient (Wildman–Crippen LogP) is 2.22. The van der Waals surface area contributed by atoms with Gasteiger partial charge in [-0.15, -0.1) is 0 Å². The van der Waals surface area contributed by atoms with E-state index in [9.17, 15) is 9.59 Å². The van der Waals surface area contributed by atoms with Gasteiger partial charge in [-0.25, -0.2) is 0 Å². The molecule has 0 spiro atoms. The average molecular weight is 251 g/mol. The van der Waals surface area contributed by atoms with Gasteiger partial charge in [-0.2, -0.15) is 0 Å². The third-order valence-corrected chi connectivity index (χ3v) is 3.94. The summed E-state index contributed by atoms with van der Waals surface area (Å²) in [5, 5.41) is 0.428. The Labute approximate surface area is 104 Å². The van der Waals surface area contributed by atoms with E-state index in [1.165, 1.54) is 7.11 Å². The molecule has 0 saturated heterocycles. The van der Waals surface area contributed by atoms with Crippen molar-refractivity contribution < 1.29 is 14.3 Å². The Hall–Kier alpha value is -1.35. The molecule has 3 rings (SSSR count). The molecule has 0 N–H and O–H groups in total. The predicted molar refractivity (Wildman–Crippen MR) is 62.4 cm³/mol. The van der Waals surface area contributed by atoms with E-state index >= 15 is 0 Å². The highest BCUT2D eigenvalue weighted by molar-refractivity contribution is 6.33. The third kappa shape index (κ3) is 1.42. The first-order valence-corrected chi connectivity index (χ1v) is 5.92. The molecule has 3 nitrogen and oxygen atoms in total. The molecule has 88 valence electrons. The van der Waals surface area contributed by atoms with Crippen LogP contribution < -0.4 is 4.74 Å². The maximum absolute atomic E-state index is 12.0. The summed E-state index contributed by atoms with van der Waals surface area (Å²) in [6.07, 6.45) is 0.723. The summed E-state index contributed by atoms with van der Waals surface area (Å²) in [5.41, 5.74) is 0.541. The molecule has 0 heterocycles. The van der Waals surface area contributed by atoms with Gasteiger partial charge in [-0.3, -0.25) is 9.59 Å². The summed E-state index contributed by atoms with van der Waals surface area (Å²) < 4.78 is 5.20. The van der Waals surface area contributed by atoms with Crippen LogP contribution in [0.25, 0.3) is 0 Å². The highest BCUT2D eigenvalue weighted by atomic mass is 35.5. The zero-order valence-corrected chi connectivity index (χ0v) is 10.0. The van der Waals surface area contributed by atoms with Crippen molar-refractivity contribution in [2.24, 2.45) is 11.8 Å². The van der Waals surface area contributed by atoms with Gasteiger partial charge in [-0.1, -0.05) is 17.7 Å². The molecule has 2 atom stereocenters. The molecule has 2 unspecified atom stereocenters. The van der Waals surface area contributed by atoms with Crippen LogP contribution in [0.3, 0.4) is 0 Å². The molecule has 2 aliphatic rings. The lowest BCUT2D eigenvalue weighted by Gasteiger charge is -2.15. The first kappa shape index (κ1) is 10.8. The highest BCUT2D eigenvalue weighted by Crippen LogP contribution is 2.54. The number of hydrogen-bond acceptors (Lipinski definition) is 3. The molecule has 0 bridgehead atoms. The van der Waals surface area contributed by atoms with Gasteiger partial charge >= 0.3 is 0 Å². The molecule has 0 aromatic heterocycles. The van der Waals surface area contributed by atoms with E-state index in [1.54, 1.807) is 18.2 Å². The minimum absolute atomic E-state index is 0.00593. The fourth-order valence-electron chi connectivity index (χ4n) is 2.65. The van der Waals surface area contributed by atoms with E-state index in [1.807, 2.05) is 0 Å². The molecule has 17 heavy (non-hydrogen) atoms. The summed E-state index contributed by atoms with van der Waals surface area (Å²) in [6.45, 7) is 0. The van der Waals surface area contributed by atoms with Gasteiger partial charge in [0.2, 0.25) is 0 Å². The van der Waals surface area contributed by atoms with Crippen LogP contribution in [0.1, 0.15) is 17.9 Å². The number of carbonyl (C=O) groups excluding carboxylic acids is 2. The number of Topliss-reactive ketones (excluding diaryl/α,β-unsaturated/α-hetero) is 2. The first-order valence-electron chi connectivity index (χ1n) is 5.55. The molecule has 2 aliphatic carbocycles. The number of carbonyl (C=O) groups is 2. The van der Waals surface area contributed by atoms with Crippen LogP contribution in [0.4, 0.5) is 0 Å². The van der Waals surface area contributed by atoms with Crippen molar-refractivity contribution in [3.63, 3.8) is 0 Å². The van der Waals surface area contributed by atoms with Crippen molar-refractivity contribution in [1.82, 2.24) is 0 Å². The molecular weight excluding hydrogens is 240 g/mol. The molecule has 4 heteroatoms. The molecule has 1 aromatic rings. The number of fused-ring (bicyclic) bond motifs is 1. The van der Waals surface area contributed by atoms with E-state index in [0.717, 1.165) is 6.42 Å². The van der Waals surface area contributed by atoms with Crippen molar-refractivity contribution in [3.8, 4) is 5.75 Å². The van der Waals surface area contributed by atoms with E-state index in [-0.39, 0.29) is 23.4 Å². The van der Waals surface area contributed by atoms with Crippen molar-refractivity contribution in [2.45, 2.75) is 12.3 Å². The van der Waals surface area contributed by atoms with Gasteiger partial charge < -0.3 is 4.74 Å². The molecule has 2 fully saturated rings. The Bertz CT molecular complexity index is 503. The van der Waals surface area contributed by atoms with Gasteiger partial charge in [0, 0.05) is 22.4 Å². The van der Waals surface area contributed by atoms with Crippen molar-refractivity contribution >= 4 is 23.2 Å². The minimum atomic E-state index is -0.706. The number of benzene rings is 1. The molecular formula is C13H11ClO3. The highest BCUT2D eigenvalue weighted by Gasteiger charge is 2.60. The smallest absolute Gasteiger partial charge is 0.151 e. The number of hydrogen-bond donors (Lipinski definition) is 0. The summed E-state index contributed by atoms with van der Waals surface area (Å²) in [7, 11) is 1.51. The zero-order chi connectivity index (χ0) is 12.2. The number of ketones is 2. The fraction of sp³-hybridized carbons (Fsp3) is 0.385. The second kappa shape index (κ2) is 3.57. The van der Waals surface area contributed by atoms with E-state index in [2.05, 4.69) is 0 Å². The topological polar surface area (TPSA) is 43.4 Å². The minimum Gasteiger partial charge on any atom is -0.496 e. The average Bonchev–Trinajstić information content (AvgIpc) is 3.06. The lowest BCUT2D eigenvalue weighted by molar-refractivity contribution is -0.126. The number of methoxy groups -OCH3 is 1. The molecule has 1 aromatic carbocycles. The lowest BCUT2D eigenvalue weighted by Crippen LogP contribution is -2.18. The van der Waals surface area contributed by atoms with Gasteiger partial charge in [0.25, 0.3) is 0 Å². The normalized spacial score (nSPS) is 30.4. The van der Waals surface area contributed by atoms with Crippen molar-refractivity contribution in [3.05, 3.63) is 28.8 Å². The molecule has 0 aliphatic heterocycles. The summed E-state index contributed by atoms with van der Waals surface area (Å²) in [6, 6.07) is 5.16. The standard InChI is InChI=1S/C13H11ClO3/c1-17-9-4-2-3-8(14)10(9)11-12(15)6-5-7(6)13(11)16/h2-4,6-7,11H,5H2,1H3. The van der Waals surface area contributed by atoms with Gasteiger partial charge in [0.1, 0.15) is 11.7 Å². The van der Waals surface area contributed by atoms with Gasteiger partial charge in [-0.05, 0) is 18.6 Å². The molecule has 0 amide bonds. The second-order valence-electron chi connectivity index (χ2n) is 4.54. The van der Waals surface area contributed by atoms with Crippen LogP contribution in [0.2, 0.25) is 5.02 Å². The Morgan fingerprint density at radius 1 is 1.24 bits per heavy atom. The zero-order valence-electron chi connectivity index (χ0n) is 9.27. The Kier molecular flexibility index (Phi) is 2.26. The van der Waals surface area contributed by atoms with Crippen LogP contribution in [0.15, 0.2) is 18.2 Å². The molecule has 2 saturated carbocycles. The number of rotatable bonds is 2. The largest absolute Gasteiger partial charge is 0.496 e. The van der Waals surface area contributed by atoms with E-state index in [4.69, 9.17) is 16.3 Å². The van der Waals surface area contributed by atoms with Crippen LogP contribution in [-0.2, 0) is 9.59 Å². The maximum Gasteiger partial charge on any atom is 0.151 e. The monoisotopic (exact) mass is 250 g/mol.